The van der Waals surface area contributed by atoms with Gasteiger partial charge in [0.1, 0.15) is 0 Å². The van der Waals surface area contributed by atoms with E-state index in [4.69, 9.17) is 11.6 Å². The van der Waals surface area contributed by atoms with Crippen LogP contribution in [-0.4, -0.2) is 16.2 Å². The standard InChI is InChI=1S/C21H16ClF3N2O2/c1-13-2-5-16(11-26-13)15-6-3-14(4-7-15)12-27(20(28)29)17-8-9-19(22)18(10-17)21(23,24)25/h2-11H,12H2,1H3,(H,28,29). The molecule has 0 bridgehead atoms. The van der Waals surface area contributed by atoms with Gasteiger partial charge in [0.05, 0.1) is 17.1 Å². The van der Waals surface area contributed by atoms with Crippen LogP contribution in [0.5, 0.6) is 0 Å². The summed E-state index contributed by atoms with van der Waals surface area (Å²) < 4.78 is 39.3. The Labute approximate surface area is 170 Å². The molecule has 150 valence electrons. The van der Waals surface area contributed by atoms with Gasteiger partial charge in [-0.05, 0) is 42.3 Å². The summed E-state index contributed by atoms with van der Waals surface area (Å²) in [5, 5.41) is 9.03. The minimum Gasteiger partial charge on any atom is -0.465 e. The van der Waals surface area contributed by atoms with Crippen LogP contribution in [0, 0.1) is 6.92 Å². The SMILES string of the molecule is Cc1ccc(-c2ccc(CN(C(=O)O)c3ccc(Cl)c(C(F)(F)F)c3)cc2)cn1. The summed E-state index contributed by atoms with van der Waals surface area (Å²) in [5.41, 5.74) is 2.13. The number of halogens is 4. The summed E-state index contributed by atoms with van der Waals surface area (Å²) in [4.78, 5) is 16.8. The zero-order valence-electron chi connectivity index (χ0n) is 15.2. The fraction of sp³-hybridized carbons (Fsp3) is 0.143. The molecule has 8 heteroatoms. The van der Waals surface area contributed by atoms with E-state index in [-0.39, 0.29) is 12.2 Å². The number of amides is 1. The van der Waals surface area contributed by atoms with Crippen molar-refractivity contribution in [3.8, 4) is 11.1 Å². The first-order valence-electron chi connectivity index (χ1n) is 8.54. The second kappa shape index (κ2) is 8.13. The quantitative estimate of drug-likeness (QED) is 0.530. The Morgan fingerprint density at radius 3 is 2.28 bits per heavy atom. The van der Waals surface area contributed by atoms with Crippen LogP contribution >= 0.6 is 11.6 Å². The Hall–Kier alpha value is -3.06. The normalized spacial score (nSPS) is 11.3. The van der Waals surface area contributed by atoms with Crippen LogP contribution in [0.1, 0.15) is 16.8 Å². The summed E-state index contributed by atoms with van der Waals surface area (Å²) in [6.45, 7) is 1.77. The molecular formula is C21H16ClF3N2O2. The van der Waals surface area contributed by atoms with Crippen LogP contribution in [0.4, 0.5) is 23.7 Å². The molecule has 2 aromatic carbocycles. The molecule has 4 nitrogen and oxygen atoms in total. The number of carbonyl (C=O) groups is 1. The van der Waals surface area contributed by atoms with E-state index >= 15 is 0 Å². The van der Waals surface area contributed by atoms with Gasteiger partial charge in [0, 0.05) is 23.1 Å². The predicted molar refractivity (Wildman–Crippen MR) is 105 cm³/mol. The number of hydrogen-bond acceptors (Lipinski definition) is 2. The maximum atomic E-state index is 13.1. The number of hydrogen-bond donors (Lipinski definition) is 1. The highest BCUT2D eigenvalue weighted by molar-refractivity contribution is 6.31. The Kier molecular flexibility index (Phi) is 5.79. The summed E-state index contributed by atoms with van der Waals surface area (Å²) in [5.74, 6) is 0. The molecule has 0 spiro atoms. The van der Waals surface area contributed by atoms with Crippen molar-refractivity contribution >= 4 is 23.4 Å². The number of alkyl halides is 3. The molecule has 0 atom stereocenters. The molecule has 0 unspecified atom stereocenters. The number of pyridine rings is 1. The molecule has 3 aromatic rings. The van der Waals surface area contributed by atoms with Gasteiger partial charge >= 0.3 is 12.3 Å². The predicted octanol–water partition coefficient (Wildman–Crippen LogP) is 6.41. The number of benzene rings is 2. The third-order valence-electron chi connectivity index (χ3n) is 4.34. The molecule has 0 aliphatic rings. The molecule has 1 N–H and O–H groups in total. The molecule has 0 saturated heterocycles. The van der Waals surface area contributed by atoms with E-state index in [0.717, 1.165) is 33.9 Å². The number of rotatable bonds is 4. The van der Waals surface area contributed by atoms with Crippen LogP contribution in [0.2, 0.25) is 5.02 Å². The Morgan fingerprint density at radius 1 is 1.07 bits per heavy atom. The van der Waals surface area contributed by atoms with Gasteiger partial charge in [-0.15, -0.1) is 0 Å². The van der Waals surface area contributed by atoms with Gasteiger partial charge in [-0.1, -0.05) is 41.9 Å². The van der Waals surface area contributed by atoms with E-state index in [2.05, 4.69) is 4.98 Å². The first kappa shape index (κ1) is 20.7. The van der Waals surface area contributed by atoms with Crippen molar-refractivity contribution in [2.24, 2.45) is 0 Å². The average Bonchev–Trinajstić information content (AvgIpc) is 2.67. The number of aromatic nitrogens is 1. The van der Waals surface area contributed by atoms with Crippen molar-refractivity contribution < 1.29 is 23.1 Å². The topological polar surface area (TPSA) is 53.4 Å². The van der Waals surface area contributed by atoms with Gasteiger partial charge in [0.15, 0.2) is 0 Å². The van der Waals surface area contributed by atoms with E-state index < -0.39 is 22.9 Å². The minimum atomic E-state index is -4.68. The zero-order chi connectivity index (χ0) is 21.2. The molecule has 0 aliphatic heterocycles. The molecule has 1 aromatic heterocycles. The number of nitrogens with zero attached hydrogens (tertiary/aromatic N) is 2. The number of aryl methyl sites for hydroxylation is 1. The van der Waals surface area contributed by atoms with Gasteiger partial charge in [0.2, 0.25) is 0 Å². The molecular weight excluding hydrogens is 405 g/mol. The lowest BCUT2D eigenvalue weighted by molar-refractivity contribution is -0.137. The van der Waals surface area contributed by atoms with E-state index in [1.54, 1.807) is 18.3 Å². The molecule has 3 rings (SSSR count). The molecule has 1 heterocycles. The van der Waals surface area contributed by atoms with Gasteiger partial charge in [0.25, 0.3) is 0 Å². The Bertz CT molecular complexity index is 1020. The first-order valence-corrected chi connectivity index (χ1v) is 8.92. The van der Waals surface area contributed by atoms with Crippen molar-refractivity contribution in [3.63, 3.8) is 0 Å². The molecule has 0 fully saturated rings. The highest BCUT2D eigenvalue weighted by Crippen LogP contribution is 2.37. The van der Waals surface area contributed by atoms with Crippen LogP contribution in [0.3, 0.4) is 0 Å². The van der Waals surface area contributed by atoms with E-state index in [1.807, 2.05) is 31.2 Å². The Morgan fingerprint density at radius 2 is 1.72 bits per heavy atom. The van der Waals surface area contributed by atoms with Crippen molar-refractivity contribution in [2.45, 2.75) is 19.6 Å². The van der Waals surface area contributed by atoms with E-state index in [0.29, 0.717) is 5.56 Å². The highest BCUT2D eigenvalue weighted by Gasteiger charge is 2.34. The lowest BCUT2D eigenvalue weighted by atomic mass is 10.0. The highest BCUT2D eigenvalue weighted by atomic mass is 35.5. The van der Waals surface area contributed by atoms with Gasteiger partial charge in [-0.2, -0.15) is 13.2 Å². The minimum absolute atomic E-state index is 0.110. The van der Waals surface area contributed by atoms with Crippen LogP contribution in [-0.2, 0) is 12.7 Å². The third kappa shape index (κ3) is 4.86. The molecule has 1 amide bonds. The number of anilines is 1. The van der Waals surface area contributed by atoms with Crippen molar-refractivity contribution in [3.05, 3.63) is 82.6 Å². The maximum absolute atomic E-state index is 13.1. The molecule has 0 radical (unpaired) electrons. The van der Waals surface area contributed by atoms with E-state index in [1.165, 1.54) is 6.07 Å². The second-order valence-electron chi connectivity index (χ2n) is 6.42. The summed E-state index contributed by atoms with van der Waals surface area (Å²) in [6, 6.07) is 13.9. The summed E-state index contributed by atoms with van der Waals surface area (Å²) in [7, 11) is 0. The van der Waals surface area contributed by atoms with Crippen LogP contribution in [0.25, 0.3) is 11.1 Å². The second-order valence-corrected chi connectivity index (χ2v) is 6.82. The molecule has 0 aliphatic carbocycles. The maximum Gasteiger partial charge on any atom is 0.417 e. The largest absolute Gasteiger partial charge is 0.465 e. The first-order chi connectivity index (χ1) is 13.6. The van der Waals surface area contributed by atoms with Gasteiger partial charge in [-0.25, -0.2) is 4.79 Å². The van der Waals surface area contributed by atoms with Gasteiger partial charge < -0.3 is 5.11 Å². The smallest absolute Gasteiger partial charge is 0.417 e. The van der Waals surface area contributed by atoms with Crippen molar-refractivity contribution in [2.75, 3.05) is 4.90 Å². The number of carboxylic acid groups (broad SMARTS) is 1. The zero-order valence-corrected chi connectivity index (χ0v) is 16.0. The van der Waals surface area contributed by atoms with Crippen LogP contribution in [0.15, 0.2) is 60.8 Å². The lowest BCUT2D eigenvalue weighted by Gasteiger charge is -2.21. The fourth-order valence-corrected chi connectivity index (χ4v) is 3.02. The lowest BCUT2D eigenvalue weighted by Crippen LogP contribution is -2.28. The van der Waals surface area contributed by atoms with Crippen molar-refractivity contribution in [1.29, 1.82) is 0 Å². The molecule has 0 saturated carbocycles. The van der Waals surface area contributed by atoms with Gasteiger partial charge in [-0.3, -0.25) is 9.88 Å². The van der Waals surface area contributed by atoms with Crippen molar-refractivity contribution in [1.82, 2.24) is 4.98 Å². The average molecular weight is 421 g/mol. The van der Waals surface area contributed by atoms with Crippen LogP contribution < -0.4 is 4.90 Å². The monoisotopic (exact) mass is 420 g/mol. The summed E-state index contributed by atoms with van der Waals surface area (Å²) in [6.07, 6.45) is -4.31. The third-order valence-corrected chi connectivity index (χ3v) is 4.67. The molecule has 29 heavy (non-hydrogen) atoms. The fourth-order valence-electron chi connectivity index (χ4n) is 2.79. The Balaban J connectivity index is 1.86. The summed E-state index contributed by atoms with van der Waals surface area (Å²) >= 11 is 5.62. The van der Waals surface area contributed by atoms with E-state index in [9.17, 15) is 23.1 Å².